The van der Waals surface area contributed by atoms with E-state index in [1.807, 2.05) is 12.1 Å². The summed E-state index contributed by atoms with van der Waals surface area (Å²) < 4.78 is 6.28. The molecule has 0 spiro atoms. The smallest absolute Gasteiger partial charge is 0.143 e. The monoisotopic (exact) mass is 258 g/mol. The lowest BCUT2D eigenvalue weighted by Gasteiger charge is -2.14. The summed E-state index contributed by atoms with van der Waals surface area (Å²) in [4.78, 5) is 13.1. The van der Waals surface area contributed by atoms with Gasteiger partial charge in [0.25, 0.3) is 0 Å². The van der Waals surface area contributed by atoms with Crippen molar-refractivity contribution in [2.45, 2.75) is 32.3 Å². The molecule has 1 aromatic rings. The molecule has 2 atom stereocenters. The first-order valence-electron chi connectivity index (χ1n) is 5.59. The van der Waals surface area contributed by atoms with E-state index in [1.54, 1.807) is 0 Å². The molecule has 1 aliphatic rings. The van der Waals surface area contributed by atoms with Crippen LogP contribution in [0.25, 0.3) is 0 Å². The molecule has 1 saturated heterocycles. The fraction of sp³-hybridized carbons (Fsp3) is 0.583. The van der Waals surface area contributed by atoms with Crippen molar-refractivity contribution in [2.24, 2.45) is 5.92 Å². The summed E-state index contributed by atoms with van der Waals surface area (Å²) in [6.07, 6.45) is 2.42. The minimum atomic E-state index is 0.0888. The summed E-state index contributed by atoms with van der Waals surface area (Å²) in [6.45, 7) is 2.79. The van der Waals surface area contributed by atoms with Crippen LogP contribution in [-0.2, 0) is 16.0 Å². The molecule has 1 fully saturated rings. The van der Waals surface area contributed by atoms with E-state index in [9.17, 15) is 4.79 Å². The highest BCUT2D eigenvalue weighted by Gasteiger charge is 2.32. The number of ketones is 1. The number of carbonyl (C=O) groups is 1. The Morgan fingerprint density at radius 1 is 1.62 bits per heavy atom. The normalized spacial score (nSPS) is 24.9. The molecule has 1 aliphatic heterocycles. The standard InChI is InChI=1S/C12H15ClO2S/c1-2-11-9(5-6-15-11)10(14)7-8-3-4-12(13)16-8/h3-4,9,11H,2,5-7H2,1H3. The van der Waals surface area contributed by atoms with Crippen LogP contribution in [0.2, 0.25) is 4.34 Å². The summed E-state index contributed by atoms with van der Waals surface area (Å²) >= 11 is 7.33. The molecule has 2 rings (SSSR count). The van der Waals surface area contributed by atoms with Gasteiger partial charge in [-0.05, 0) is 25.0 Å². The Labute approximate surface area is 105 Å². The highest BCUT2D eigenvalue weighted by Crippen LogP contribution is 2.28. The zero-order valence-electron chi connectivity index (χ0n) is 9.24. The van der Waals surface area contributed by atoms with E-state index in [-0.39, 0.29) is 12.0 Å². The van der Waals surface area contributed by atoms with E-state index in [1.165, 1.54) is 11.3 Å². The molecule has 0 bridgehead atoms. The molecule has 2 unspecified atom stereocenters. The SMILES string of the molecule is CCC1OCCC1C(=O)Cc1ccc(Cl)s1. The van der Waals surface area contributed by atoms with E-state index in [2.05, 4.69) is 6.92 Å². The summed E-state index contributed by atoms with van der Waals surface area (Å²) in [5, 5.41) is 0. The Morgan fingerprint density at radius 3 is 3.06 bits per heavy atom. The molecule has 4 heteroatoms. The molecule has 0 radical (unpaired) electrons. The lowest BCUT2D eigenvalue weighted by Crippen LogP contribution is -2.24. The molecule has 88 valence electrons. The van der Waals surface area contributed by atoms with Crippen molar-refractivity contribution in [2.75, 3.05) is 6.61 Å². The van der Waals surface area contributed by atoms with E-state index < -0.39 is 0 Å². The van der Waals surface area contributed by atoms with Gasteiger partial charge in [0.15, 0.2) is 0 Å². The molecular formula is C12H15ClO2S. The van der Waals surface area contributed by atoms with E-state index in [4.69, 9.17) is 16.3 Å². The van der Waals surface area contributed by atoms with E-state index in [0.717, 1.165) is 28.7 Å². The highest BCUT2D eigenvalue weighted by molar-refractivity contribution is 7.16. The summed E-state index contributed by atoms with van der Waals surface area (Å²) in [6, 6.07) is 3.78. The number of Topliss-reactive ketones (excluding diaryl/α,β-unsaturated/α-hetero) is 1. The first-order chi connectivity index (χ1) is 7.70. The second kappa shape index (κ2) is 5.30. The molecule has 2 heterocycles. The first-order valence-corrected chi connectivity index (χ1v) is 6.78. The zero-order valence-corrected chi connectivity index (χ0v) is 10.8. The number of halogens is 1. The van der Waals surface area contributed by atoms with Gasteiger partial charge in [0, 0.05) is 23.8 Å². The number of carbonyl (C=O) groups excluding carboxylic acids is 1. The molecule has 0 aromatic carbocycles. The average molecular weight is 259 g/mol. The fourth-order valence-corrected chi connectivity index (χ4v) is 3.27. The van der Waals surface area contributed by atoms with Crippen LogP contribution in [-0.4, -0.2) is 18.5 Å². The Kier molecular flexibility index (Phi) is 4.00. The maximum absolute atomic E-state index is 12.1. The van der Waals surface area contributed by atoms with Crippen LogP contribution < -0.4 is 0 Å². The Morgan fingerprint density at radius 2 is 2.44 bits per heavy atom. The third kappa shape index (κ3) is 2.65. The minimum Gasteiger partial charge on any atom is -0.377 e. The predicted octanol–water partition coefficient (Wildman–Crippen LogP) is 3.33. The van der Waals surface area contributed by atoms with Crippen molar-refractivity contribution in [1.82, 2.24) is 0 Å². The van der Waals surface area contributed by atoms with Crippen LogP contribution in [0.4, 0.5) is 0 Å². The van der Waals surface area contributed by atoms with Gasteiger partial charge in [0.1, 0.15) is 5.78 Å². The summed E-state index contributed by atoms with van der Waals surface area (Å²) in [5.74, 6) is 0.383. The molecule has 0 N–H and O–H groups in total. The van der Waals surface area contributed by atoms with Gasteiger partial charge in [0.05, 0.1) is 10.4 Å². The molecule has 0 amide bonds. The molecule has 0 saturated carbocycles. The van der Waals surface area contributed by atoms with Crippen LogP contribution in [0.1, 0.15) is 24.6 Å². The third-order valence-electron chi connectivity index (χ3n) is 3.00. The molecular weight excluding hydrogens is 244 g/mol. The number of rotatable bonds is 4. The molecule has 16 heavy (non-hydrogen) atoms. The van der Waals surface area contributed by atoms with Crippen LogP contribution in [0.5, 0.6) is 0 Å². The third-order valence-corrected chi connectivity index (χ3v) is 4.23. The van der Waals surface area contributed by atoms with Gasteiger partial charge in [0.2, 0.25) is 0 Å². The quantitative estimate of drug-likeness (QED) is 0.828. The Balaban J connectivity index is 1.97. The van der Waals surface area contributed by atoms with Crippen molar-refractivity contribution in [1.29, 1.82) is 0 Å². The Bertz CT molecular complexity index is 375. The molecule has 0 aliphatic carbocycles. The van der Waals surface area contributed by atoms with Crippen molar-refractivity contribution in [3.05, 3.63) is 21.3 Å². The number of thiophene rings is 1. The van der Waals surface area contributed by atoms with Gasteiger partial charge >= 0.3 is 0 Å². The van der Waals surface area contributed by atoms with Gasteiger partial charge in [-0.3, -0.25) is 4.79 Å². The summed E-state index contributed by atoms with van der Waals surface area (Å²) in [7, 11) is 0. The van der Waals surface area contributed by atoms with Crippen LogP contribution >= 0.6 is 22.9 Å². The second-order valence-electron chi connectivity index (χ2n) is 4.06. The lowest BCUT2D eigenvalue weighted by molar-refractivity contribution is -0.123. The van der Waals surface area contributed by atoms with Crippen molar-refractivity contribution in [3.63, 3.8) is 0 Å². The number of hydrogen-bond acceptors (Lipinski definition) is 3. The highest BCUT2D eigenvalue weighted by atomic mass is 35.5. The van der Waals surface area contributed by atoms with Gasteiger partial charge in [-0.25, -0.2) is 0 Å². The fourth-order valence-electron chi connectivity index (χ4n) is 2.17. The minimum absolute atomic E-state index is 0.0888. The van der Waals surface area contributed by atoms with Gasteiger partial charge < -0.3 is 4.74 Å². The Hall–Kier alpha value is -0.380. The average Bonchev–Trinajstić information content (AvgIpc) is 2.86. The van der Waals surface area contributed by atoms with Gasteiger partial charge in [-0.2, -0.15) is 0 Å². The second-order valence-corrected chi connectivity index (χ2v) is 5.86. The predicted molar refractivity (Wildman–Crippen MR) is 66.2 cm³/mol. The van der Waals surface area contributed by atoms with E-state index >= 15 is 0 Å². The van der Waals surface area contributed by atoms with Crippen LogP contribution in [0, 0.1) is 5.92 Å². The zero-order chi connectivity index (χ0) is 11.5. The van der Waals surface area contributed by atoms with Crippen molar-refractivity contribution < 1.29 is 9.53 Å². The maximum Gasteiger partial charge on any atom is 0.143 e. The topological polar surface area (TPSA) is 26.3 Å². The number of hydrogen-bond donors (Lipinski definition) is 0. The van der Waals surface area contributed by atoms with Crippen molar-refractivity contribution in [3.8, 4) is 0 Å². The van der Waals surface area contributed by atoms with Gasteiger partial charge in [-0.1, -0.05) is 18.5 Å². The van der Waals surface area contributed by atoms with Crippen LogP contribution in [0.15, 0.2) is 12.1 Å². The number of ether oxygens (including phenoxy) is 1. The summed E-state index contributed by atoms with van der Waals surface area (Å²) in [5.41, 5.74) is 0. The maximum atomic E-state index is 12.1. The largest absolute Gasteiger partial charge is 0.377 e. The lowest BCUT2D eigenvalue weighted by atomic mass is 9.93. The molecule has 1 aromatic heterocycles. The van der Waals surface area contributed by atoms with Crippen molar-refractivity contribution >= 4 is 28.7 Å². The van der Waals surface area contributed by atoms with Gasteiger partial charge in [-0.15, -0.1) is 11.3 Å². The van der Waals surface area contributed by atoms with Crippen LogP contribution in [0.3, 0.4) is 0 Å². The first kappa shape index (κ1) is 12.1. The molecule has 2 nitrogen and oxygen atoms in total. The van der Waals surface area contributed by atoms with E-state index in [0.29, 0.717) is 12.2 Å².